The molecular weight excluding hydrogens is 274 g/mol. The Morgan fingerprint density at radius 2 is 2.00 bits per heavy atom. The second-order valence-electron chi connectivity index (χ2n) is 6.23. The molecule has 4 heteroatoms. The van der Waals surface area contributed by atoms with Gasteiger partial charge < -0.3 is 15.2 Å². The van der Waals surface area contributed by atoms with Gasteiger partial charge in [0, 0.05) is 30.3 Å². The summed E-state index contributed by atoms with van der Waals surface area (Å²) in [6, 6.07) is 10.9. The number of benzene rings is 1. The standard InChI is InChI=1S/C18H25N3O/c1-14-13-15-7-5-6-10-17(15)21(14)12-11-19-18(22)20-16-8-3-2-4-9-16/h5-7,10,13,16H,2-4,8-9,11-12H2,1H3,(H2,19,20,22). The molecule has 0 unspecified atom stereocenters. The van der Waals surface area contributed by atoms with Crippen molar-refractivity contribution in [2.75, 3.05) is 6.54 Å². The van der Waals surface area contributed by atoms with Crippen LogP contribution in [-0.2, 0) is 6.54 Å². The van der Waals surface area contributed by atoms with Gasteiger partial charge in [-0.05, 0) is 37.3 Å². The number of carbonyl (C=O) groups excluding carboxylic acids is 1. The lowest BCUT2D eigenvalue weighted by Gasteiger charge is -2.23. The summed E-state index contributed by atoms with van der Waals surface area (Å²) in [7, 11) is 0. The zero-order chi connectivity index (χ0) is 15.4. The number of para-hydroxylation sites is 1. The van der Waals surface area contributed by atoms with Gasteiger partial charge in [-0.15, -0.1) is 0 Å². The molecule has 1 heterocycles. The van der Waals surface area contributed by atoms with E-state index in [1.807, 2.05) is 0 Å². The number of aromatic nitrogens is 1. The van der Waals surface area contributed by atoms with E-state index in [1.54, 1.807) is 0 Å². The molecule has 3 rings (SSSR count). The number of hydrogen-bond donors (Lipinski definition) is 2. The van der Waals surface area contributed by atoms with Crippen LogP contribution in [0.15, 0.2) is 30.3 Å². The van der Waals surface area contributed by atoms with Gasteiger partial charge in [-0.1, -0.05) is 37.5 Å². The zero-order valence-electron chi connectivity index (χ0n) is 13.3. The van der Waals surface area contributed by atoms with Gasteiger partial charge >= 0.3 is 6.03 Å². The summed E-state index contributed by atoms with van der Waals surface area (Å²) in [6.45, 7) is 3.57. The molecule has 2 amide bonds. The van der Waals surface area contributed by atoms with Crippen LogP contribution in [-0.4, -0.2) is 23.2 Å². The molecule has 0 bridgehead atoms. The van der Waals surface area contributed by atoms with E-state index < -0.39 is 0 Å². The number of aryl methyl sites for hydroxylation is 1. The summed E-state index contributed by atoms with van der Waals surface area (Å²) in [6.07, 6.45) is 6.02. The van der Waals surface area contributed by atoms with Crippen LogP contribution in [0.2, 0.25) is 0 Å². The van der Waals surface area contributed by atoms with Crippen molar-refractivity contribution < 1.29 is 4.79 Å². The zero-order valence-corrected chi connectivity index (χ0v) is 13.3. The molecule has 0 radical (unpaired) electrons. The number of nitrogens with one attached hydrogen (secondary N) is 2. The molecule has 22 heavy (non-hydrogen) atoms. The number of fused-ring (bicyclic) bond motifs is 1. The van der Waals surface area contributed by atoms with Crippen LogP contribution < -0.4 is 10.6 Å². The maximum atomic E-state index is 12.0. The first kappa shape index (κ1) is 14.9. The van der Waals surface area contributed by atoms with Crippen molar-refractivity contribution in [2.45, 2.75) is 51.6 Å². The topological polar surface area (TPSA) is 46.1 Å². The fourth-order valence-electron chi connectivity index (χ4n) is 3.41. The summed E-state index contributed by atoms with van der Waals surface area (Å²) in [4.78, 5) is 12.0. The first-order valence-corrected chi connectivity index (χ1v) is 8.33. The minimum Gasteiger partial charge on any atom is -0.343 e. The molecule has 1 aromatic carbocycles. The Balaban J connectivity index is 1.51. The molecule has 2 N–H and O–H groups in total. The quantitative estimate of drug-likeness (QED) is 0.890. The lowest BCUT2D eigenvalue weighted by atomic mass is 9.96. The van der Waals surface area contributed by atoms with E-state index in [9.17, 15) is 4.79 Å². The SMILES string of the molecule is Cc1cc2ccccc2n1CCNC(=O)NC1CCCCC1. The van der Waals surface area contributed by atoms with Gasteiger partial charge in [0.05, 0.1) is 0 Å². The molecule has 4 nitrogen and oxygen atoms in total. The fourth-order valence-corrected chi connectivity index (χ4v) is 3.41. The van der Waals surface area contributed by atoms with Crippen LogP contribution in [0.5, 0.6) is 0 Å². The minimum atomic E-state index is -0.0268. The predicted octanol–water partition coefficient (Wildman–Crippen LogP) is 3.58. The Morgan fingerprint density at radius 3 is 2.82 bits per heavy atom. The van der Waals surface area contributed by atoms with Crippen molar-refractivity contribution in [3.8, 4) is 0 Å². The van der Waals surface area contributed by atoms with E-state index in [-0.39, 0.29) is 6.03 Å². The van der Waals surface area contributed by atoms with Gasteiger partial charge in [0.25, 0.3) is 0 Å². The summed E-state index contributed by atoms with van der Waals surface area (Å²) in [5.74, 6) is 0. The summed E-state index contributed by atoms with van der Waals surface area (Å²) in [5, 5.41) is 7.34. The molecule has 1 aromatic heterocycles. The third-order valence-corrected chi connectivity index (χ3v) is 4.58. The van der Waals surface area contributed by atoms with Crippen molar-refractivity contribution in [3.05, 3.63) is 36.0 Å². The number of hydrogen-bond acceptors (Lipinski definition) is 1. The van der Waals surface area contributed by atoms with Gasteiger partial charge in [0.15, 0.2) is 0 Å². The smallest absolute Gasteiger partial charge is 0.315 e. The van der Waals surface area contributed by atoms with Crippen LogP contribution >= 0.6 is 0 Å². The third-order valence-electron chi connectivity index (χ3n) is 4.58. The fraction of sp³-hybridized carbons (Fsp3) is 0.500. The normalized spacial score (nSPS) is 15.9. The highest BCUT2D eigenvalue weighted by Crippen LogP contribution is 2.19. The van der Waals surface area contributed by atoms with Crippen LogP contribution in [0.4, 0.5) is 4.79 Å². The maximum Gasteiger partial charge on any atom is 0.315 e. The lowest BCUT2D eigenvalue weighted by Crippen LogP contribution is -2.43. The van der Waals surface area contributed by atoms with E-state index in [2.05, 4.69) is 52.5 Å². The summed E-state index contributed by atoms with van der Waals surface area (Å²) >= 11 is 0. The van der Waals surface area contributed by atoms with Crippen LogP contribution in [0.3, 0.4) is 0 Å². The molecule has 1 fully saturated rings. The van der Waals surface area contributed by atoms with Gasteiger partial charge in [-0.2, -0.15) is 0 Å². The van der Waals surface area contributed by atoms with E-state index in [0.717, 1.165) is 19.4 Å². The monoisotopic (exact) mass is 299 g/mol. The molecule has 1 saturated carbocycles. The molecular formula is C18H25N3O. The molecule has 118 valence electrons. The Hall–Kier alpha value is -1.97. The van der Waals surface area contributed by atoms with E-state index in [1.165, 1.54) is 35.9 Å². The van der Waals surface area contributed by atoms with Gasteiger partial charge in [-0.3, -0.25) is 0 Å². The summed E-state index contributed by atoms with van der Waals surface area (Å²) < 4.78 is 2.26. The van der Waals surface area contributed by atoms with E-state index in [4.69, 9.17) is 0 Å². The number of amides is 2. The molecule has 1 aliphatic rings. The third kappa shape index (κ3) is 3.43. The van der Waals surface area contributed by atoms with Gasteiger partial charge in [0.2, 0.25) is 0 Å². The Morgan fingerprint density at radius 1 is 1.23 bits per heavy atom. The highest BCUT2D eigenvalue weighted by Gasteiger charge is 2.15. The average Bonchev–Trinajstić information content (AvgIpc) is 2.84. The Labute approximate surface area is 131 Å². The highest BCUT2D eigenvalue weighted by atomic mass is 16.2. The maximum absolute atomic E-state index is 12.0. The van der Waals surface area contributed by atoms with Crippen molar-refractivity contribution in [3.63, 3.8) is 0 Å². The lowest BCUT2D eigenvalue weighted by molar-refractivity contribution is 0.232. The number of nitrogens with zero attached hydrogens (tertiary/aromatic N) is 1. The molecule has 1 aliphatic carbocycles. The molecule has 0 spiro atoms. The minimum absolute atomic E-state index is 0.0268. The predicted molar refractivity (Wildman–Crippen MR) is 90.1 cm³/mol. The van der Waals surface area contributed by atoms with Gasteiger partial charge in [-0.25, -0.2) is 4.79 Å². The van der Waals surface area contributed by atoms with E-state index >= 15 is 0 Å². The van der Waals surface area contributed by atoms with Crippen molar-refractivity contribution in [1.82, 2.24) is 15.2 Å². The van der Waals surface area contributed by atoms with Crippen molar-refractivity contribution >= 4 is 16.9 Å². The highest BCUT2D eigenvalue weighted by molar-refractivity contribution is 5.81. The molecule has 2 aromatic rings. The van der Waals surface area contributed by atoms with Crippen LogP contribution in [0, 0.1) is 6.92 Å². The average molecular weight is 299 g/mol. The van der Waals surface area contributed by atoms with Crippen molar-refractivity contribution in [1.29, 1.82) is 0 Å². The number of carbonyl (C=O) groups is 1. The second-order valence-corrected chi connectivity index (χ2v) is 6.23. The van der Waals surface area contributed by atoms with E-state index in [0.29, 0.717) is 12.6 Å². The number of rotatable bonds is 4. The first-order valence-electron chi connectivity index (χ1n) is 8.33. The Kier molecular flexibility index (Phi) is 4.66. The van der Waals surface area contributed by atoms with Crippen molar-refractivity contribution in [2.24, 2.45) is 0 Å². The first-order chi connectivity index (χ1) is 10.7. The molecule has 0 aliphatic heterocycles. The number of urea groups is 1. The summed E-state index contributed by atoms with van der Waals surface area (Å²) in [5.41, 5.74) is 2.46. The second kappa shape index (κ2) is 6.86. The molecule has 0 atom stereocenters. The van der Waals surface area contributed by atoms with Crippen LogP contribution in [0.25, 0.3) is 10.9 Å². The molecule has 0 saturated heterocycles. The Bertz CT molecular complexity index is 641. The largest absolute Gasteiger partial charge is 0.343 e. The van der Waals surface area contributed by atoms with Gasteiger partial charge in [0.1, 0.15) is 0 Å². The van der Waals surface area contributed by atoms with Crippen LogP contribution in [0.1, 0.15) is 37.8 Å².